The first-order chi connectivity index (χ1) is 7.74. The van der Waals surface area contributed by atoms with Gasteiger partial charge >= 0.3 is 0 Å². The molecular formula is C10H10N6. The quantitative estimate of drug-likeness (QED) is 0.650. The Morgan fingerprint density at radius 2 is 2.12 bits per heavy atom. The van der Waals surface area contributed by atoms with Crippen LogP contribution < -0.4 is 5.73 Å². The maximum absolute atomic E-state index is 5.64. The lowest BCUT2D eigenvalue weighted by molar-refractivity contribution is 0.787. The molecule has 0 radical (unpaired) electrons. The van der Waals surface area contributed by atoms with Crippen LogP contribution in [0, 0.1) is 6.92 Å². The van der Waals surface area contributed by atoms with E-state index in [2.05, 4.69) is 15.2 Å². The summed E-state index contributed by atoms with van der Waals surface area (Å²) in [5, 5.41) is 8.31. The normalized spacial score (nSPS) is 11.1. The fraction of sp³-hybridized carbons (Fsp3) is 0.100. The number of anilines is 1. The van der Waals surface area contributed by atoms with Crippen molar-refractivity contribution in [1.29, 1.82) is 0 Å². The second-order valence-corrected chi connectivity index (χ2v) is 3.64. The van der Waals surface area contributed by atoms with Crippen molar-refractivity contribution in [1.82, 2.24) is 24.4 Å². The highest BCUT2D eigenvalue weighted by atomic mass is 15.4. The van der Waals surface area contributed by atoms with Gasteiger partial charge in [-0.3, -0.25) is 0 Å². The Bertz CT molecular complexity index is 650. The van der Waals surface area contributed by atoms with Crippen LogP contribution in [0.1, 0.15) is 5.56 Å². The van der Waals surface area contributed by atoms with Gasteiger partial charge < -0.3 is 5.73 Å². The van der Waals surface area contributed by atoms with Crippen LogP contribution in [-0.4, -0.2) is 24.4 Å². The molecular weight excluding hydrogens is 204 g/mol. The first kappa shape index (κ1) is 8.90. The molecule has 0 amide bonds. The zero-order chi connectivity index (χ0) is 11.1. The van der Waals surface area contributed by atoms with E-state index in [0.717, 1.165) is 17.0 Å². The zero-order valence-electron chi connectivity index (χ0n) is 8.70. The van der Waals surface area contributed by atoms with Crippen LogP contribution in [0.5, 0.6) is 0 Å². The highest BCUT2D eigenvalue weighted by molar-refractivity contribution is 5.47. The van der Waals surface area contributed by atoms with Gasteiger partial charge in [-0.1, -0.05) is 0 Å². The summed E-state index contributed by atoms with van der Waals surface area (Å²) in [6.45, 7) is 2.00. The lowest BCUT2D eigenvalue weighted by Crippen LogP contribution is -2.04. The summed E-state index contributed by atoms with van der Waals surface area (Å²) in [4.78, 5) is 4.15. The number of hydrogen-bond donors (Lipinski definition) is 1. The number of nitrogen functional groups attached to an aromatic ring is 1. The lowest BCUT2D eigenvalue weighted by Gasteiger charge is -2.04. The SMILES string of the molecule is Cc1cc(-n2cc(N)cn2)n2ncnc2c1. The van der Waals surface area contributed by atoms with Gasteiger partial charge in [0.1, 0.15) is 6.33 Å². The number of fused-ring (bicyclic) bond motifs is 1. The second-order valence-electron chi connectivity index (χ2n) is 3.64. The minimum absolute atomic E-state index is 0.620. The molecule has 3 heterocycles. The van der Waals surface area contributed by atoms with Crippen LogP contribution in [-0.2, 0) is 0 Å². The van der Waals surface area contributed by atoms with Gasteiger partial charge in [-0.15, -0.1) is 0 Å². The third-order valence-electron chi connectivity index (χ3n) is 2.34. The molecule has 80 valence electrons. The summed E-state index contributed by atoms with van der Waals surface area (Å²) in [5.74, 6) is 0.823. The molecule has 2 N–H and O–H groups in total. The average Bonchev–Trinajstić information content (AvgIpc) is 2.84. The monoisotopic (exact) mass is 214 g/mol. The first-order valence-corrected chi connectivity index (χ1v) is 4.85. The molecule has 6 heteroatoms. The number of pyridine rings is 1. The summed E-state index contributed by atoms with van der Waals surface area (Å²) >= 11 is 0. The van der Waals surface area contributed by atoms with Gasteiger partial charge in [0.15, 0.2) is 11.5 Å². The molecule has 0 saturated carbocycles. The Labute approximate surface area is 91.3 Å². The molecule has 3 aromatic heterocycles. The highest BCUT2D eigenvalue weighted by Crippen LogP contribution is 2.13. The number of rotatable bonds is 1. The molecule has 0 spiro atoms. The Kier molecular flexibility index (Phi) is 1.70. The summed E-state index contributed by atoms with van der Waals surface area (Å²) < 4.78 is 3.41. The van der Waals surface area contributed by atoms with E-state index in [-0.39, 0.29) is 0 Å². The van der Waals surface area contributed by atoms with E-state index >= 15 is 0 Å². The van der Waals surface area contributed by atoms with Crippen LogP contribution in [0.3, 0.4) is 0 Å². The van der Waals surface area contributed by atoms with Crippen LogP contribution in [0.15, 0.2) is 30.9 Å². The molecule has 16 heavy (non-hydrogen) atoms. The van der Waals surface area contributed by atoms with Gasteiger partial charge in [0, 0.05) is 0 Å². The molecule has 0 aliphatic heterocycles. The van der Waals surface area contributed by atoms with Crippen molar-refractivity contribution >= 4 is 11.3 Å². The lowest BCUT2D eigenvalue weighted by atomic mass is 10.3. The van der Waals surface area contributed by atoms with Crippen molar-refractivity contribution in [3.63, 3.8) is 0 Å². The van der Waals surface area contributed by atoms with Gasteiger partial charge in [0.05, 0.1) is 18.1 Å². The molecule has 0 aliphatic rings. The summed E-state index contributed by atoms with van der Waals surface area (Å²) in [7, 11) is 0. The number of aryl methyl sites for hydroxylation is 1. The van der Waals surface area contributed by atoms with Crippen LogP contribution in [0.2, 0.25) is 0 Å². The predicted octanol–water partition coefficient (Wildman–Crippen LogP) is 0.806. The predicted molar refractivity (Wildman–Crippen MR) is 59.3 cm³/mol. The second kappa shape index (κ2) is 3.06. The van der Waals surface area contributed by atoms with E-state index in [0.29, 0.717) is 5.69 Å². The summed E-state index contributed by atoms with van der Waals surface area (Å²) in [6.07, 6.45) is 4.87. The molecule has 0 aliphatic carbocycles. The Balaban J connectivity index is 2.33. The van der Waals surface area contributed by atoms with E-state index in [4.69, 9.17) is 5.73 Å². The van der Waals surface area contributed by atoms with Crippen LogP contribution in [0.4, 0.5) is 5.69 Å². The van der Waals surface area contributed by atoms with E-state index in [1.165, 1.54) is 6.33 Å². The van der Waals surface area contributed by atoms with Crippen molar-refractivity contribution in [2.24, 2.45) is 0 Å². The fourth-order valence-corrected chi connectivity index (χ4v) is 1.66. The first-order valence-electron chi connectivity index (χ1n) is 4.85. The minimum atomic E-state index is 0.620. The summed E-state index contributed by atoms with van der Waals surface area (Å²) in [6, 6.07) is 3.94. The number of hydrogen-bond acceptors (Lipinski definition) is 4. The van der Waals surface area contributed by atoms with E-state index < -0.39 is 0 Å². The smallest absolute Gasteiger partial charge is 0.158 e. The molecule has 0 bridgehead atoms. The largest absolute Gasteiger partial charge is 0.396 e. The Hall–Kier alpha value is -2.37. The van der Waals surface area contributed by atoms with E-state index in [9.17, 15) is 0 Å². The van der Waals surface area contributed by atoms with E-state index in [1.807, 2.05) is 19.1 Å². The number of nitrogens with two attached hydrogens (primary N) is 1. The third kappa shape index (κ3) is 1.23. The minimum Gasteiger partial charge on any atom is -0.396 e. The van der Waals surface area contributed by atoms with Crippen LogP contribution >= 0.6 is 0 Å². The molecule has 0 unspecified atom stereocenters. The maximum atomic E-state index is 5.64. The van der Waals surface area contributed by atoms with Gasteiger partial charge in [-0.2, -0.15) is 14.7 Å². The van der Waals surface area contributed by atoms with Gasteiger partial charge in [-0.25, -0.2) is 9.67 Å². The zero-order valence-corrected chi connectivity index (χ0v) is 8.70. The number of nitrogens with zero attached hydrogens (tertiary/aromatic N) is 5. The molecule has 3 aromatic rings. The molecule has 0 saturated heterocycles. The van der Waals surface area contributed by atoms with Crippen molar-refractivity contribution in [2.45, 2.75) is 6.92 Å². The molecule has 3 rings (SSSR count). The maximum Gasteiger partial charge on any atom is 0.158 e. The van der Waals surface area contributed by atoms with Crippen molar-refractivity contribution in [3.05, 3.63) is 36.4 Å². The molecule has 0 atom stereocenters. The van der Waals surface area contributed by atoms with Crippen molar-refractivity contribution < 1.29 is 0 Å². The third-order valence-corrected chi connectivity index (χ3v) is 2.34. The summed E-state index contributed by atoms with van der Waals surface area (Å²) in [5.41, 5.74) is 8.16. The van der Waals surface area contributed by atoms with Gasteiger partial charge in [0.2, 0.25) is 0 Å². The Morgan fingerprint density at radius 3 is 2.88 bits per heavy atom. The standard InChI is InChI=1S/C10H10N6/c1-7-2-9-12-6-14-16(9)10(3-7)15-5-8(11)4-13-15/h2-6H,11H2,1H3. The number of aromatic nitrogens is 5. The highest BCUT2D eigenvalue weighted by Gasteiger charge is 2.06. The van der Waals surface area contributed by atoms with Crippen molar-refractivity contribution in [3.8, 4) is 5.82 Å². The van der Waals surface area contributed by atoms with Crippen molar-refractivity contribution in [2.75, 3.05) is 5.73 Å². The average molecular weight is 214 g/mol. The van der Waals surface area contributed by atoms with Crippen LogP contribution in [0.25, 0.3) is 11.5 Å². The van der Waals surface area contributed by atoms with E-state index in [1.54, 1.807) is 21.6 Å². The van der Waals surface area contributed by atoms with Gasteiger partial charge in [-0.05, 0) is 24.6 Å². The topological polar surface area (TPSA) is 74.0 Å². The fourth-order valence-electron chi connectivity index (χ4n) is 1.66. The molecule has 6 nitrogen and oxygen atoms in total. The van der Waals surface area contributed by atoms with Gasteiger partial charge in [0.25, 0.3) is 0 Å². The Morgan fingerprint density at radius 1 is 1.25 bits per heavy atom. The molecule has 0 aromatic carbocycles. The molecule has 0 fully saturated rings.